The van der Waals surface area contributed by atoms with Gasteiger partial charge in [-0.15, -0.1) is 0 Å². The number of rotatable bonds is 7. The minimum atomic E-state index is 0.553. The fourth-order valence-electron chi connectivity index (χ4n) is 8.72. The first-order chi connectivity index (χ1) is 29.7. The van der Waals surface area contributed by atoms with Gasteiger partial charge in [0.25, 0.3) is 0 Å². The van der Waals surface area contributed by atoms with Crippen molar-refractivity contribution in [3.8, 4) is 107 Å². The summed E-state index contributed by atoms with van der Waals surface area (Å²) in [6.45, 7) is 0. The zero-order valence-corrected chi connectivity index (χ0v) is 32.4. The summed E-state index contributed by atoms with van der Waals surface area (Å²) in [4.78, 5) is 15.3. The van der Waals surface area contributed by atoms with Gasteiger partial charge in [0, 0.05) is 16.7 Å². The highest BCUT2D eigenvalue weighted by Gasteiger charge is 2.25. The van der Waals surface area contributed by atoms with Crippen LogP contribution in [0.25, 0.3) is 112 Å². The zero-order valence-electron chi connectivity index (χ0n) is 32.4. The predicted octanol–water partition coefficient (Wildman–Crippen LogP) is 14.2. The van der Waals surface area contributed by atoms with Gasteiger partial charge in [0.15, 0.2) is 17.5 Å². The van der Waals surface area contributed by atoms with Crippen molar-refractivity contribution in [2.24, 2.45) is 0 Å². The van der Waals surface area contributed by atoms with Gasteiger partial charge in [-0.2, -0.15) is 5.26 Å². The summed E-state index contributed by atoms with van der Waals surface area (Å²) in [6.07, 6.45) is 0. The Morgan fingerprint density at radius 1 is 0.300 bits per heavy atom. The molecule has 0 atom stereocenters. The van der Waals surface area contributed by atoms with E-state index in [-0.39, 0.29) is 0 Å². The molecule has 9 aromatic carbocycles. The summed E-state index contributed by atoms with van der Waals surface area (Å²) >= 11 is 0. The number of hydrogen-bond acceptors (Lipinski definition) is 4. The molecule has 0 spiro atoms. The van der Waals surface area contributed by atoms with Crippen LogP contribution in [0.1, 0.15) is 5.56 Å². The molecule has 1 aliphatic carbocycles. The Hall–Kier alpha value is -8.26. The maximum atomic E-state index is 10.2. The number of fused-ring (bicyclic) bond motifs is 3. The Kier molecular flexibility index (Phi) is 8.50. The first kappa shape index (κ1) is 34.9. The molecule has 0 fully saturated rings. The van der Waals surface area contributed by atoms with Crippen molar-refractivity contribution < 1.29 is 0 Å². The van der Waals surface area contributed by atoms with Gasteiger partial charge in [0.2, 0.25) is 0 Å². The summed E-state index contributed by atoms with van der Waals surface area (Å²) in [5.41, 5.74) is 16.8. The van der Waals surface area contributed by atoms with E-state index in [4.69, 9.17) is 15.0 Å². The second-order valence-corrected chi connectivity index (χ2v) is 15.1. The number of benzene rings is 9. The van der Waals surface area contributed by atoms with Crippen LogP contribution in [0.3, 0.4) is 0 Å². The van der Waals surface area contributed by atoms with Crippen LogP contribution in [-0.4, -0.2) is 15.0 Å². The summed E-state index contributed by atoms with van der Waals surface area (Å²) in [5, 5.41) is 12.8. The average molecular weight is 763 g/mol. The molecule has 0 saturated carbocycles. The van der Waals surface area contributed by atoms with E-state index in [0.29, 0.717) is 23.0 Å². The van der Waals surface area contributed by atoms with E-state index >= 15 is 0 Å². The molecule has 0 amide bonds. The van der Waals surface area contributed by atoms with Gasteiger partial charge in [0.05, 0.1) is 11.6 Å². The lowest BCUT2D eigenvalue weighted by Gasteiger charge is -2.17. The third-order valence-corrected chi connectivity index (χ3v) is 11.5. The van der Waals surface area contributed by atoms with Gasteiger partial charge in [-0.1, -0.05) is 188 Å². The molecule has 1 heterocycles. The average Bonchev–Trinajstić information content (AvgIpc) is 3.67. The molecule has 11 rings (SSSR count). The summed E-state index contributed by atoms with van der Waals surface area (Å²) in [5.74, 6) is 1.72. The molecule has 0 N–H and O–H groups in total. The monoisotopic (exact) mass is 762 g/mol. The quantitative estimate of drug-likeness (QED) is 0.162. The molecule has 0 saturated heterocycles. The summed E-state index contributed by atoms with van der Waals surface area (Å²) < 4.78 is 0. The molecule has 4 heteroatoms. The van der Waals surface area contributed by atoms with Crippen LogP contribution in [-0.2, 0) is 0 Å². The normalized spacial score (nSPS) is 11.3. The topological polar surface area (TPSA) is 62.5 Å². The van der Waals surface area contributed by atoms with Crippen molar-refractivity contribution in [3.05, 3.63) is 212 Å². The van der Waals surface area contributed by atoms with Gasteiger partial charge in [-0.05, 0) is 95.7 Å². The summed E-state index contributed by atoms with van der Waals surface area (Å²) in [6, 6.07) is 73.9. The number of hydrogen-bond donors (Lipinski definition) is 0. The molecular weight excluding hydrogens is 729 g/mol. The molecule has 0 unspecified atom stereocenters. The van der Waals surface area contributed by atoms with Gasteiger partial charge in [0.1, 0.15) is 0 Å². The van der Waals surface area contributed by atoms with Crippen LogP contribution in [0.5, 0.6) is 0 Å². The summed E-state index contributed by atoms with van der Waals surface area (Å²) in [7, 11) is 0. The smallest absolute Gasteiger partial charge is 0.164 e. The zero-order chi connectivity index (χ0) is 40.0. The van der Waals surface area contributed by atoms with Crippen molar-refractivity contribution in [3.63, 3.8) is 0 Å². The van der Waals surface area contributed by atoms with Crippen LogP contribution in [0.15, 0.2) is 206 Å². The second-order valence-electron chi connectivity index (χ2n) is 15.1. The largest absolute Gasteiger partial charge is 0.208 e. The van der Waals surface area contributed by atoms with Crippen molar-refractivity contribution in [1.29, 1.82) is 5.26 Å². The highest BCUT2D eigenvalue weighted by atomic mass is 15.0. The molecule has 4 nitrogen and oxygen atoms in total. The van der Waals surface area contributed by atoms with Crippen molar-refractivity contribution in [2.75, 3.05) is 0 Å². The number of nitriles is 1. The Labute approximate surface area is 348 Å². The molecule has 1 aliphatic rings. The first-order valence-electron chi connectivity index (χ1n) is 20.1. The lowest BCUT2D eigenvalue weighted by Crippen LogP contribution is -2.01. The predicted molar refractivity (Wildman–Crippen MR) is 245 cm³/mol. The molecule has 278 valence electrons. The highest BCUT2D eigenvalue weighted by molar-refractivity contribution is 6.18. The van der Waals surface area contributed by atoms with Gasteiger partial charge in [-0.3, -0.25) is 0 Å². The lowest BCUT2D eigenvalue weighted by atomic mass is 9.88. The first-order valence-corrected chi connectivity index (χ1v) is 20.1. The highest BCUT2D eigenvalue weighted by Crippen LogP contribution is 2.51. The Morgan fingerprint density at radius 3 is 1.53 bits per heavy atom. The van der Waals surface area contributed by atoms with Gasteiger partial charge in [-0.25, -0.2) is 15.0 Å². The molecule has 10 aromatic rings. The second kappa shape index (κ2) is 14.6. The fourth-order valence-corrected chi connectivity index (χ4v) is 8.72. The van der Waals surface area contributed by atoms with Crippen LogP contribution < -0.4 is 0 Å². The van der Waals surface area contributed by atoms with Crippen LogP contribution in [0.2, 0.25) is 0 Å². The van der Waals surface area contributed by atoms with E-state index in [1.165, 1.54) is 38.6 Å². The van der Waals surface area contributed by atoms with Crippen LogP contribution >= 0.6 is 0 Å². The molecule has 60 heavy (non-hydrogen) atoms. The van der Waals surface area contributed by atoms with Crippen molar-refractivity contribution in [1.82, 2.24) is 15.0 Å². The third kappa shape index (κ3) is 6.05. The van der Waals surface area contributed by atoms with E-state index in [0.717, 1.165) is 55.6 Å². The molecule has 0 aliphatic heterocycles. The molecular formula is C56H34N4. The Balaban J connectivity index is 1.05. The SMILES string of the molecule is N#Cc1ccc(-c2cccc(-c3cccc4c3-c3cccc5cccc-4c35)c2)c(-c2ccccc2-c2nc(-c3ccccc3)nc(-c3ccc(-c4ccccc4)cc3)n2)c1. The van der Waals surface area contributed by atoms with Gasteiger partial charge >= 0.3 is 0 Å². The van der Waals surface area contributed by atoms with E-state index in [1.54, 1.807) is 0 Å². The Morgan fingerprint density at radius 2 is 0.800 bits per heavy atom. The molecule has 1 aromatic heterocycles. The van der Waals surface area contributed by atoms with Crippen LogP contribution in [0.4, 0.5) is 0 Å². The maximum absolute atomic E-state index is 10.2. The minimum Gasteiger partial charge on any atom is -0.208 e. The molecule has 0 radical (unpaired) electrons. The molecule has 0 bridgehead atoms. The van der Waals surface area contributed by atoms with Gasteiger partial charge < -0.3 is 0 Å². The maximum Gasteiger partial charge on any atom is 0.164 e. The van der Waals surface area contributed by atoms with Crippen molar-refractivity contribution in [2.45, 2.75) is 0 Å². The van der Waals surface area contributed by atoms with E-state index < -0.39 is 0 Å². The number of nitrogens with zero attached hydrogens (tertiary/aromatic N) is 4. The third-order valence-electron chi connectivity index (χ3n) is 11.5. The van der Waals surface area contributed by atoms with E-state index in [9.17, 15) is 5.26 Å². The van der Waals surface area contributed by atoms with Crippen molar-refractivity contribution >= 4 is 10.8 Å². The fraction of sp³-hybridized carbons (Fsp3) is 0. The van der Waals surface area contributed by atoms with Crippen LogP contribution in [0, 0.1) is 11.3 Å². The van der Waals surface area contributed by atoms with E-state index in [1.807, 2.05) is 72.8 Å². The minimum absolute atomic E-state index is 0.553. The lowest BCUT2D eigenvalue weighted by molar-refractivity contribution is 1.07. The Bertz CT molecular complexity index is 3300. The number of aromatic nitrogens is 3. The van der Waals surface area contributed by atoms with E-state index in [2.05, 4.69) is 140 Å². The standard InChI is InChI=1S/C56H34N4/c57-35-36-27-32-44(42-19-9-20-43(34-42)45-23-12-25-48-47-24-10-17-39-18-11-26-50(52(39)47)53(45)48)51(33-36)46-21-7-8-22-49(46)56-59-54(40-15-5-2-6-16-40)58-55(60-56)41-30-28-38(29-31-41)37-13-3-1-4-14-37/h1-34H.